The SMILES string of the molecule is CC(O)CCn1cccc1C#N. The summed E-state index contributed by atoms with van der Waals surface area (Å²) in [6.07, 6.45) is 2.23. The second-order valence-corrected chi connectivity index (χ2v) is 2.84. The van der Waals surface area contributed by atoms with E-state index in [4.69, 9.17) is 10.4 Å². The zero-order chi connectivity index (χ0) is 8.97. The standard InChI is InChI=1S/C9H12N2O/c1-8(12)4-6-11-5-2-3-9(11)7-10/h2-3,5,8,12H,4,6H2,1H3. The van der Waals surface area contributed by atoms with E-state index in [0.717, 1.165) is 0 Å². The van der Waals surface area contributed by atoms with Gasteiger partial charge in [0.1, 0.15) is 11.8 Å². The molecule has 3 nitrogen and oxygen atoms in total. The predicted molar refractivity (Wildman–Crippen MR) is 45.4 cm³/mol. The lowest BCUT2D eigenvalue weighted by atomic mass is 10.3. The second-order valence-electron chi connectivity index (χ2n) is 2.84. The lowest BCUT2D eigenvalue weighted by Gasteiger charge is -2.05. The van der Waals surface area contributed by atoms with Gasteiger partial charge in [0.15, 0.2) is 0 Å². The molecule has 0 aliphatic rings. The fourth-order valence-electron chi connectivity index (χ4n) is 1.04. The summed E-state index contributed by atoms with van der Waals surface area (Å²) in [6.45, 7) is 2.45. The Bertz CT molecular complexity index is 283. The Kier molecular flexibility index (Phi) is 2.89. The highest BCUT2D eigenvalue weighted by atomic mass is 16.3. The van der Waals surface area contributed by atoms with E-state index >= 15 is 0 Å². The maximum absolute atomic E-state index is 9.02. The average molecular weight is 164 g/mol. The maximum Gasteiger partial charge on any atom is 0.120 e. The van der Waals surface area contributed by atoms with Crippen LogP contribution in [-0.4, -0.2) is 15.8 Å². The van der Waals surface area contributed by atoms with E-state index in [9.17, 15) is 0 Å². The van der Waals surface area contributed by atoms with E-state index in [1.54, 1.807) is 13.0 Å². The summed E-state index contributed by atoms with van der Waals surface area (Å²) in [5.74, 6) is 0. The van der Waals surface area contributed by atoms with Crippen molar-refractivity contribution < 1.29 is 5.11 Å². The molecular weight excluding hydrogens is 152 g/mol. The molecule has 0 aliphatic heterocycles. The normalized spacial score (nSPS) is 12.4. The molecule has 3 heteroatoms. The smallest absolute Gasteiger partial charge is 0.120 e. The molecule has 0 spiro atoms. The number of rotatable bonds is 3. The summed E-state index contributed by atoms with van der Waals surface area (Å²) < 4.78 is 1.84. The molecule has 0 bridgehead atoms. The van der Waals surface area contributed by atoms with E-state index in [-0.39, 0.29) is 6.10 Å². The molecule has 0 fully saturated rings. The van der Waals surface area contributed by atoms with Crippen LogP contribution in [-0.2, 0) is 6.54 Å². The van der Waals surface area contributed by atoms with Gasteiger partial charge in [-0.2, -0.15) is 5.26 Å². The highest BCUT2D eigenvalue weighted by Crippen LogP contribution is 2.02. The van der Waals surface area contributed by atoms with Gasteiger partial charge >= 0.3 is 0 Å². The Morgan fingerprint density at radius 1 is 1.75 bits per heavy atom. The van der Waals surface area contributed by atoms with Crippen LogP contribution in [0, 0.1) is 11.3 Å². The van der Waals surface area contributed by atoms with Gasteiger partial charge in [0, 0.05) is 12.7 Å². The highest BCUT2D eigenvalue weighted by molar-refractivity contribution is 5.21. The number of aliphatic hydroxyl groups excluding tert-OH is 1. The first-order chi connectivity index (χ1) is 5.74. The zero-order valence-electron chi connectivity index (χ0n) is 7.07. The Balaban J connectivity index is 2.58. The van der Waals surface area contributed by atoms with Crippen LogP contribution in [0.25, 0.3) is 0 Å². The van der Waals surface area contributed by atoms with E-state index < -0.39 is 0 Å². The summed E-state index contributed by atoms with van der Waals surface area (Å²) in [4.78, 5) is 0. The number of hydrogen-bond donors (Lipinski definition) is 1. The first-order valence-electron chi connectivity index (χ1n) is 3.97. The molecule has 1 atom stereocenters. The molecule has 0 aromatic carbocycles. The van der Waals surface area contributed by atoms with Crippen LogP contribution in [0.15, 0.2) is 18.3 Å². The fourth-order valence-corrected chi connectivity index (χ4v) is 1.04. The van der Waals surface area contributed by atoms with Gasteiger partial charge in [0.2, 0.25) is 0 Å². The van der Waals surface area contributed by atoms with Crippen molar-refractivity contribution in [2.45, 2.75) is 26.0 Å². The van der Waals surface area contributed by atoms with Gasteiger partial charge in [-0.05, 0) is 25.5 Å². The molecule has 0 aliphatic carbocycles. The van der Waals surface area contributed by atoms with Crippen molar-refractivity contribution in [3.05, 3.63) is 24.0 Å². The number of hydrogen-bond acceptors (Lipinski definition) is 2. The van der Waals surface area contributed by atoms with Gasteiger partial charge in [-0.1, -0.05) is 0 Å². The summed E-state index contributed by atoms with van der Waals surface area (Å²) in [5, 5.41) is 17.7. The van der Waals surface area contributed by atoms with Crippen molar-refractivity contribution in [3.63, 3.8) is 0 Å². The van der Waals surface area contributed by atoms with E-state index in [1.807, 2.05) is 16.8 Å². The molecule has 1 aromatic heterocycles. The van der Waals surface area contributed by atoms with Crippen molar-refractivity contribution in [1.82, 2.24) is 4.57 Å². The number of nitriles is 1. The Morgan fingerprint density at radius 2 is 2.50 bits per heavy atom. The minimum Gasteiger partial charge on any atom is -0.393 e. The minimum atomic E-state index is -0.307. The third-order valence-electron chi connectivity index (χ3n) is 1.73. The average Bonchev–Trinajstić information content (AvgIpc) is 2.47. The number of aliphatic hydroxyl groups is 1. The van der Waals surface area contributed by atoms with Crippen LogP contribution in [0.3, 0.4) is 0 Å². The van der Waals surface area contributed by atoms with Gasteiger partial charge in [0.25, 0.3) is 0 Å². The molecule has 0 radical (unpaired) electrons. The molecule has 1 heterocycles. The van der Waals surface area contributed by atoms with Crippen molar-refractivity contribution in [3.8, 4) is 6.07 Å². The van der Waals surface area contributed by atoms with Crippen molar-refractivity contribution in [1.29, 1.82) is 5.26 Å². The Morgan fingerprint density at radius 3 is 3.08 bits per heavy atom. The van der Waals surface area contributed by atoms with Crippen molar-refractivity contribution in [2.75, 3.05) is 0 Å². The molecule has 1 aromatic rings. The molecule has 0 saturated heterocycles. The fraction of sp³-hybridized carbons (Fsp3) is 0.444. The van der Waals surface area contributed by atoms with Gasteiger partial charge in [-0.15, -0.1) is 0 Å². The molecule has 1 rings (SSSR count). The molecule has 0 amide bonds. The zero-order valence-corrected chi connectivity index (χ0v) is 7.07. The van der Waals surface area contributed by atoms with Crippen LogP contribution in [0.5, 0.6) is 0 Å². The summed E-state index contributed by atoms with van der Waals surface area (Å²) in [5.41, 5.74) is 0.649. The Hall–Kier alpha value is -1.27. The third kappa shape index (κ3) is 2.11. The maximum atomic E-state index is 9.02. The van der Waals surface area contributed by atoms with Crippen LogP contribution in [0.1, 0.15) is 19.0 Å². The van der Waals surface area contributed by atoms with E-state index in [0.29, 0.717) is 18.7 Å². The molecule has 1 N–H and O–H groups in total. The number of nitrogens with zero attached hydrogens (tertiary/aromatic N) is 2. The highest BCUT2D eigenvalue weighted by Gasteiger charge is 2.00. The van der Waals surface area contributed by atoms with Gasteiger partial charge in [-0.25, -0.2) is 0 Å². The number of aromatic nitrogens is 1. The first kappa shape index (κ1) is 8.82. The summed E-state index contributed by atoms with van der Waals surface area (Å²) in [6, 6.07) is 5.68. The molecule has 1 unspecified atom stereocenters. The van der Waals surface area contributed by atoms with E-state index in [1.165, 1.54) is 0 Å². The first-order valence-corrected chi connectivity index (χ1v) is 3.97. The Labute approximate surface area is 71.9 Å². The van der Waals surface area contributed by atoms with Crippen LogP contribution in [0.4, 0.5) is 0 Å². The van der Waals surface area contributed by atoms with Crippen LogP contribution >= 0.6 is 0 Å². The van der Waals surface area contributed by atoms with Crippen LogP contribution < -0.4 is 0 Å². The lowest BCUT2D eigenvalue weighted by molar-refractivity contribution is 0.178. The topological polar surface area (TPSA) is 49.0 Å². The lowest BCUT2D eigenvalue weighted by Crippen LogP contribution is -2.07. The minimum absolute atomic E-state index is 0.307. The molecule has 12 heavy (non-hydrogen) atoms. The van der Waals surface area contributed by atoms with Gasteiger partial charge in [0.05, 0.1) is 6.10 Å². The van der Waals surface area contributed by atoms with Gasteiger partial charge < -0.3 is 9.67 Å². The van der Waals surface area contributed by atoms with Crippen molar-refractivity contribution >= 4 is 0 Å². The van der Waals surface area contributed by atoms with Crippen molar-refractivity contribution in [2.24, 2.45) is 0 Å². The monoisotopic (exact) mass is 164 g/mol. The second kappa shape index (κ2) is 3.93. The summed E-state index contributed by atoms with van der Waals surface area (Å²) in [7, 11) is 0. The quantitative estimate of drug-likeness (QED) is 0.728. The van der Waals surface area contributed by atoms with E-state index in [2.05, 4.69) is 6.07 Å². The molecule has 64 valence electrons. The molecule has 0 saturated carbocycles. The van der Waals surface area contributed by atoms with Crippen LogP contribution in [0.2, 0.25) is 0 Å². The number of aryl methyl sites for hydroxylation is 1. The molecular formula is C9H12N2O. The third-order valence-corrected chi connectivity index (χ3v) is 1.73. The van der Waals surface area contributed by atoms with Gasteiger partial charge in [-0.3, -0.25) is 0 Å². The predicted octanol–water partition coefficient (Wildman–Crippen LogP) is 1.13. The largest absolute Gasteiger partial charge is 0.393 e. The summed E-state index contributed by atoms with van der Waals surface area (Å²) >= 11 is 0.